The Morgan fingerprint density at radius 3 is 1.31 bits per heavy atom. The van der Waals surface area contributed by atoms with Crippen LogP contribution >= 0.6 is 0 Å². The number of hydrogen-bond donors (Lipinski definition) is 0. The van der Waals surface area contributed by atoms with Crippen LogP contribution in [0.15, 0.2) is 0 Å². The van der Waals surface area contributed by atoms with Gasteiger partial charge in [-0.1, -0.05) is 227 Å². The molecule has 0 N–H and O–H groups in total. The van der Waals surface area contributed by atoms with Crippen LogP contribution in [-0.2, 0) is 23.9 Å². The summed E-state index contributed by atoms with van der Waals surface area (Å²) in [4.78, 5) is 43.4. The lowest BCUT2D eigenvalue weighted by Crippen LogP contribution is -2.41. The van der Waals surface area contributed by atoms with Crippen molar-refractivity contribution >= 4 is 17.8 Å². The van der Waals surface area contributed by atoms with E-state index in [-0.39, 0.29) is 30.9 Å². The van der Waals surface area contributed by atoms with Crippen LogP contribution in [0.3, 0.4) is 0 Å². The molecule has 1 unspecified atom stereocenters. The molecule has 0 aromatic carbocycles. The van der Waals surface area contributed by atoms with Crippen LogP contribution in [0.25, 0.3) is 0 Å². The number of halogens is 2. The highest BCUT2D eigenvalue weighted by Gasteiger charge is 2.39. The van der Waals surface area contributed by atoms with Gasteiger partial charge in [-0.2, -0.15) is 8.78 Å². The maximum absolute atomic E-state index is 15.0. The molecule has 0 spiro atoms. The van der Waals surface area contributed by atoms with Gasteiger partial charge in [0, 0.05) is 31.8 Å². The van der Waals surface area contributed by atoms with Crippen LogP contribution in [0.4, 0.5) is 8.78 Å². The Morgan fingerprint density at radius 1 is 0.426 bits per heavy atom. The monoisotopic (exact) mass is 969 g/mol. The molecule has 0 bridgehead atoms. The first-order chi connectivity index (χ1) is 32.9. The second kappa shape index (κ2) is 47.5. The minimum absolute atomic E-state index is 0.0646. The molecule has 404 valence electrons. The third-order valence-corrected chi connectivity index (χ3v) is 14.4. The summed E-state index contributed by atoms with van der Waals surface area (Å²) in [6.07, 6.45) is 41.4. The summed E-state index contributed by atoms with van der Waals surface area (Å²) in [5, 5.41) is 0. The SMILES string of the molecule is CCCCCCCCCCC(CCCCCCC(F)(F)C(=O)OCCC(CCCCC)CCCCC)N(CCCCCCCC(=O)OCCC(CCCCC)CCCCC)C(=O)CCCN(C)C. The van der Waals surface area contributed by atoms with Gasteiger partial charge < -0.3 is 19.3 Å². The summed E-state index contributed by atoms with van der Waals surface area (Å²) in [6.45, 7) is 13.4. The molecule has 0 heterocycles. The minimum atomic E-state index is -3.46. The van der Waals surface area contributed by atoms with E-state index >= 15 is 0 Å². The number of nitrogens with zero attached hydrogens (tertiary/aromatic N) is 2. The van der Waals surface area contributed by atoms with Crippen LogP contribution < -0.4 is 0 Å². The van der Waals surface area contributed by atoms with Gasteiger partial charge in [0.05, 0.1) is 13.2 Å². The van der Waals surface area contributed by atoms with Gasteiger partial charge in [-0.25, -0.2) is 4.79 Å². The Hall–Kier alpha value is -1.77. The first kappa shape index (κ1) is 66.2. The molecular weight excluding hydrogens is 855 g/mol. The lowest BCUT2D eigenvalue weighted by Gasteiger charge is -2.33. The number of hydrogen-bond acceptors (Lipinski definition) is 6. The van der Waals surface area contributed by atoms with E-state index in [0.717, 1.165) is 129 Å². The van der Waals surface area contributed by atoms with E-state index < -0.39 is 18.3 Å². The number of esters is 2. The topological polar surface area (TPSA) is 76.1 Å². The van der Waals surface area contributed by atoms with Crippen molar-refractivity contribution in [2.75, 3.05) is 40.4 Å². The highest BCUT2D eigenvalue weighted by molar-refractivity contribution is 5.77. The summed E-state index contributed by atoms with van der Waals surface area (Å²) in [6, 6.07) is 0.152. The fourth-order valence-electron chi connectivity index (χ4n) is 9.87. The van der Waals surface area contributed by atoms with Gasteiger partial charge in [0.15, 0.2) is 0 Å². The van der Waals surface area contributed by atoms with Gasteiger partial charge in [-0.05, 0) is 83.8 Å². The predicted octanol–water partition coefficient (Wildman–Crippen LogP) is 17.8. The van der Waals surface area contributed by atoms with Crippen molar-refractivity contribution in [2.45, 2.75) is 310 Å². The molecule has 68 heavy (non-hydrogen) atoms. The molecule has 9 heteroatoms. The van der Waals surface area contributed by atoms with E-state index in [2.05, 4.69) is 44.4 Å². The molecule has 0 fully saturated rings. The van der Waals surface area contributed by atoms with Crippen LogP contribution in [0, 0.1) is 11.8 Å². The largest absolute Gasteiger partial charge is 0.466 e. The number of unbranched alkanes of at least 4 members (excludes halogenated alkanes) is 22. The Bertz CT molecular complexity index is 1120. The lowest BCUT2D eigenvalue weighted by molar-refractivity contribution is -0.173. The highest BCUT2D eigenvalue weighted by atomic mass is 19.3. The summed E-state index contributed by atoms with van der Waals surface area (Å²) < 4.78 is 40.8. The Morgan fingerprint density at radius 2 is 0.824 bits per heavy atom. The number of ether oxygens (including phenoxy) is 2. The summed E-state index contributed by atoms with van der Waals surface area (Å²) in [5.41, 5.74) is 0. The van der Waals surface area contributed by atoms with E-state index in [4.69, 9.17) is 9.47 Å². The lowest BCUT2D eigenvalue weighted by atomic mass is 9.92. The molecule has 0 aliphatic rings. The highest BCUT2D eigenvalue weighted by Crippen LogP contribution is 2.27. The summed E-state index contributed by atoms with van der Waals surface area (Å²) in [5.74, 6) is -3.55. The maximum atomic E-state index is 15.0. The van der Waals surface area contributed by atoms with E-state index in [1.807, 2.05) is 14.1 Å². The van der Waals surface area contributed by atoms with Gasteiger partial charge in [-0.3, -0.25) is 9.59 Å². The summed E-state index contributed by atoms with van der Waals surface area (Å²) >= 11 is 0. The zero-order chi connectivity index (χ0) is 50.4. The number of amides is 1. The zero-order valence-corrected chi connectivity index (χ0v) is 46.2. The van der Waals surface area contributed by atoms with E-state index in [0.29, 0.717) is 44.1 Å². The number of carbonyl (C=O) groups excluding carboxylic acids is 3. The Kier molecular flexibility index (Phi) is 46.3. The fourth-order valence-corrected chi connectivity index (χ4v) is 9.87. The molecule has 7 nitrogen and oxygen atoms in total. The fraction of sp³-hybridized carbons (Fsp3) is 0.949. The van der Waals surface area contributed by atoms with Crippen molar-refractivity contribution in [1.29, 1.82) is 0 Å². The molecule has 0 rings (SSSR count). The summed E-state index contributed by atoms with van der Waals surface area (Å²) in [7, 11) is 4.10. The van der Waals surface area contributed by atoms with Crippen LogP contribution in [0.5, 0.6) is 0 Å². The molecule has 0 radical (unpaired) electrons. The first-order valence-corrected chi connectivity index (χ1v) is 29.6. The normalized spacial score (nSPS) is 12.4. The molecule has 0 saturated heterocycles. The molecule has 0 aliphatic carbocycles. The number of carbonyl (C=O) groups is 3. The average Bonchev–Trinajstić information content (AvgIpc) is 3.31. The molecule has 0 saturated carbocycles. The van der Waals surface area contributed by atoms with Gasteiger partial charge in [-0.15, -0.1) is 0 Å². The number of rotatable bonds is 52. The molecule has 1 atom stereocenters. The Balaban J connectivity index is 5.23. The van der Waals surface area contributed by atoms with Gasteiger partial charge in [0.2, 0.25) is 5.91 Å². The molecule has 0 aliphatic heterocycles. The molecule has 1 amide bonds. The second-order valence-electron chi connectivity index (χ2n) is 21.2. The predicted molar refractivity (Wildman–Crippen MR) is 286 cm³/mol. The van der Waals surface area contributed by atoms with Gasteiger partial charge in [0.25, 0.3) is 0 Å². The quantitative estimate of drug-likeness (QED) is 0.0446. The smallest absolute Gasteiger partial charge is 0.376 e. The van der Waals surface area contributed by atoms with Gasteiger partial charge >= 0.3 is 17.9 Å². The third-order valence-electron chi connectivity index (χ3n) is 14.4. The van der Waals surface area contributed by atoms with E-state index in [1.165, 1.54) is 109 Å². The van der Waals surface area contributed by atoms with E-state index in [1.54, 1.807) is 0 Å². The zero-order valence-electron chi connectivity index (χ0n) is 46.2. The van der Waals surface area contributed by atoms with Crippen molar-refractivity contribution < 1.29 is 32.6 Å². The number of alkyl halides is 2. The molecule has 0 aromatic heterocycles. The van der Waals surface area contributed by atoms with Gasteiger partial charge in [0.1, 0.15) is 0 Å². The van der Waals surface area contributed by atoms with Crippen molar-refractivity contribution in [3.05, 3.63) is 0 Å². The molecular formula is C59H114F2N2O5. The first-order valence-electron chi connectivity index (χ1n) is 29.6. The Labute approximate surface area is 420 Å². The van der Waals surface area contributed by atoms with Crippen molar-refractivity contribution in [3.8, 4) is 0 Å². The van der Waals surface area contributed by atoms with E-state index in [9.17, 15) is 23.2 Å². The standard InChI is InChI=1S/C59H114F2N2O5/c1-8-13-18-19-20-21-23-32-42-55(43-33-25-26-35-48-59(60,61)58(66)68-52-47-54(40-30-16-11-4)41-31-17-12-5)63(56(64)44-37-49-62(6)7)50-36-27-22-24-34-45-57(65)67-51-46-53(38-28-14-9-2)39-29-15-10-3/h53-55H,8-52H2,1-7H3. The van der Waals surface area contributed by atoms with Crippen molar-refractivity contribution in [3.63, 3.8) is 0 Å². The average molecular weight is 970 g/mol. The van der Waals surface area contributed by atoms with Crippen LogP contribution in [0.2, 0.25) is 0 Å². The van der Waals surface area contributed by atoms with Crippen molar-refractivity contribution in [2.24, 2.45) is 11.8 Å². The maximum Gasteiger partial charge on any atom is 0.376 e. The van der Waals surface area contributed by atoms with Crippen molar-refractivity contribution in [1.82, 2.24) is 9.80 Å². The van der Waals surface area contributed by atoms with Crippen LogP contribution in [-0.4, -0.2) is 80.0 Å². The van der Waals surface area contributed by atoms with Crippen LogP contribution in [0.1, 0.15) is 298 Å². The molecule has 0 aromatic rings. The second-order valence-corrected chi connectivity index (χ2v) is 21.2. The minimum Gasteiger partial charge on any atom is -0.466 e. The third kappa shape index (κ3) is 39.9.